The molecule has 3 N–H and O–H groups in total. The molecular weight excluding hydrogens is 300 g/mol. The van der Waals surface area contributed by atoms with Crippen LogP contribution in [0, 0.1) is 0 Å². The quantitative estimate of drug-likeness (QED) is 0.596. The van der Waals surface area contributed by atoms with Gasteiger partial charge in [0.1, 0.15) is 6.67 Å². The van der Waals surface area contributed by atoms with Crippen molar-refractivity contribution < 1.29 is 0 Å². The molecule has 0 aliphatic carbocycles. The minimum absolute atomic E-state index is 0.510. The van der Waals surface area contributed by atoms with Crippen LogP contribution >= 0.6 is 0 Å². The Hall–Kier alpha value is -3.02. The van der Waals surface area contributed by atoms with Crippen LogP contribution in [0.5, 0.6) is 0 Å². The van der Waals surface area contributed by atoms with Crippen LogP contribution in [0.3, 0.4) is 0 Å². The van der Waals surface area contributed by atoms with Crippen molar-refractivity contribution in [2.75, 3.05) is 38.9 Å². The highest BCUT2D eigenvalue weighted by Crippen LogP contribution is 2.21. The Balaban J connectivity index is 1.87. The zero-order chi connectivity index (χ0) is 17.4. The number of azo groups is 1. The molecule has 0 radical (unpaired) electrons. The van der Waals surface area contributed by atoms with Gasteiger partial charge in [-0.05, 0) is 48.5 Å². The van der Waals surface area contributed by atoms with Gasteiger partial charge in [-0.15, -0.1) is 0 Å². The van der Waals surface area contributed by atoms with Crippen LogP contribution in [-0.2, 0) is 0 Å². The Morgan fingerprint density at radius 1 is 0.917 bits per heavy atom. The van der Waals surface area contributed by atoms with Crippen LogP contribution < -0.4 is 11.1 Å². The van der Waals surface area contributed by atoms with E-state index in [0.29, 0.717) is 6.67 Å². The van der Waals surface area contributed by atoms with Gasteiger partial charge in [-0.3, -0.25) is 0 Å². The molecule has 0 spiro atoms. The van der Waals surface area contributed by atoms with Gasteiger partial charge in [0, 0.05) is 50.6 Å². The standard InChI is InChI=1S/C18H24N6/c1-23(2)12-13-24(3)14-20-22-18-10-8-17(9-11-18)21-16-6-4-15(19)5-7-16/h4-13,21H,14,19H2,1-3H3/b13-12-,22-20?. The normalized spacial score (nSPS) is 11.1. The lowest BCUT2D eigenvalue weighted by molar-refractivity contribution is 0.445. The molecule has 0 bridgehead atoms. The van der Waals surface area contributed by atoms with Gasteiger partial charge >= 0.3 is 0 Å². The summed E-state index contributed by atoms with van der Waals surface area (Å²) in [5.41, 5.74) is 9.24. The van der Waals surface area contributed by atoms with Crippen molar-refractivity contribution in [1.82, 2.24) is 9.80 Å². The molecule has 0 aromatic heterocycles. The maximum Gasteiger partial charge on any atom is 0.131 e. The van der Waals surface area contributed by atoms with Gasteiger partial charge < -0.3 is 20.9 Å². The van der Waals surface area contributed by atoms with Crippen molar-refractivity contribution in [3.05, 3.63) is 60.9 Å². The van der Waals surface area contributed by atoms with Gasteiger partial charge in [0.2, 0.25) is 0 Å². The summed E-state index contributed by atoms with van der Waals surface area (Å²) in [5, 5.41) is 11.7. The molecule has 0 aliphatic heterocycles. The molecule has 0 amide bonds. The number of nitrogen functional groups attached to an aromatic ring is 1. The van der Waals surface area contributed by atoms with E-state index < -0.39 is 0 Å². The molecule has 0 unspecified atom stereocenters. The van der Waals surface area contributed by atoms with E-state index in [9.17, 15) is 0 Å². The van der Waals surface area contributed by atoms with Crippen LogP contribution in [0.25, 0.3) is 0 Å². The second-order valence-corrected chi connectivity index (χ2v) is 5.70. The highest BCUT2D eigenvalue weighted by atomic mass is 15.2. The number of rotatable bonds is 7. The minimum Gasteiger partial charge on any atom is -0.399 e. The van der Waals surface area contributed by atoms with Gasteiger partial charge in [0.25, 0.3) is 0 Å². The summed E-state index contributed by atoms with van der Waals surface area (Å²) in [4.78, 5) is 3.93. The highest BCUT2D eigenvalue weighted by Gasteiger charge is 1.96. The highest BCUT2D eigenvalue weighted by molar-refractivity contribution is 5.63. The predicted octanol–water partition coefficient (Wildman–Crippen LogP) is 4.02. The molecule has 6 heteroatoms. The average Bonchev–Trinajstić information content (AvgIpc) is 2.57. The molecule has 6 nitrogen and oxygen atoms in total. The predicted molar refractivity (Wildman–Crippen MR) is 101 cm³/mol. The lowest BCUT2D eigenvalue weighted by atomic mass is 10.2. The van der Waals surface area contributed by atoms with Crippen molar-refractivity contribution in [2.45, 2.75) is 0 Å². The second kappa shape index (κ2) is 8.57. The lowest BCUT2D eigenvalue weighted by Crippen LogP contribution is -2.12. The van der Waals surface area contributed by atoms with E-state index in [1.54, 1.807) is 0 Å². The third-order valence-electron chi connectivity index (χ3n) is 3.16. The van der Waals surface area contributed by atoms with E-state index in [2.05, 4.69) is 15.5 Å². The van der Waals surface area contributed by atoms with Crippen molar-refractivity contribution in [3.8, 4) is 0 Å². The summed E-state index contributed by atoms with van der Waals surface area (Å²) < 4.78 is 0. The van der Waals surface area contributed by atoms with Crippen molar-refractivity contribution in [3.63, 3.8) is 0 Å². The lowest BCUT2D eigenvalue weighted by Gasteiger charge is -2.11. The average molecular weight is 324 g/mol. The molecule has 2 aromatic rings. The van der Waals surface area contributed by atoms with Crippen molar-refractivity contribution in [2.24, 2.45) is 10.2 Å². The molecule has 2 rings (SSSR count). The molecule has 24 heavy (non-hydrogen) atoms. The summed E-state index contributed by atoms with van der Waals surface area (Å²) >= 11 is 0. The maximum atomic E-state index is 5.68. The Bertz CT molecular complexity index is 674. The Labute approximate surface area is 143 Å². The molecule has 0 saturated heterocycles. The molecular formula is C18H24N6. The third-order valence-corrected chi connectivity index (χ3v) is 3.16. The van der Waals surface area contributed by atoms with Gasteiger partial charge in [-0.25, -0.2) is 0 Å². The largest absolute Gasteiger partial charge is 0.399 e. The zero-order valence-electron chi connectivity index (χ0n) is 14.3. The van der Waals surface area contributed by atoms with Gasteiger partial charge in [0.05, 0.1) is 5.69 Å². The van der Waals surface area contributed by atoms with Crippen LogP contribution in [0.2, 0.25) is 0 Å². The van der Waals surface area contributed by atoms with Gasteiger partial charge in [-0.1, -0.05) is 0 Å². The van der Waals surface area contributed by atoms with E-state index in [4.69, 9.17) is 5.73 Å². The maximum absolute atomic E-state index is 5.68. The Kier molecular flexibility index (Phi) is 6.19. The van der Waals surface area contributed by atoms with Crippen molar-refractivity contribution in [1.29, 1.82) is 0 Å². The number of nitrogens with two attached hydrogens (primary N) is 1. The first-order valence-corrected chi connectivity index (χ1v) is 7.68. The smallest absolute Gasteiger partial charge is 0.131 e. The number of hydrogen-bond donors (Lipinski definition) is 2. The van der Waals surface area contributed by atoms with Gasteiger partial charge in [0.15, 0.2) is 0 Å². The van der Waals surface area contributed by atoms with Crippen LogP contribution in [0.15, 0.2) is 71.2 Å². The molecule has 0 aliphatic rings. The van der Waals surface area contributed by atoms with E-state index in [1.165, 1.54) is 0 Å². The van der Waals surface area contributed by atoms with Crippen LogP contribution in [-0.4, -0.2) is 37.6 Å². The fraction of sp³-hybridized carbons (Fsp3) is 0.222. The van der Waals surface area contributed by atoms with Crippen molar-refractivity contribution >= 4 is 22.7 Å². The molecule has 126 valence electrons. The zero-order valence-corrected chi connectivity index (χ0v) is 14.3. The van der Waals surface area contributed by atoms with E-state index >= 15 is 0 Å². The molecule has 0 saturated carbocycles. The number of hydrogen-bond acceptors (Lipinski definition) is 6. The fourth-order valence-corrected chi connectivity index (χ4v) is 1.85. The number of benzene rings is 2. The Morgan fingerprint density at radius 3 is 2.08 bits per heavy atom. The monoisotopic (exact) mass is 324 g/mol. The summed E-state index contributed by atoms with van der Waals surface area (Å²) in [6.45, 7) is 0.510. The third kappa shape index (κ3) is 6.00. The fourth-order valence-electron chi connectivity index (χ4n) is 1.85. The van der Waals surface area contributed by atoms with Gasteiger partial charge in [-0.2, -0.15) is 10.2 Å². The molecule has 0 atom stereocenters. The summed E-state index contributed by atoms with van der Waals surface area (Å²) in [6, 6.07) is 15.4. The number of nitrogens with zero attached hydrogens (tertiary/aromatic N) is 4. The van der Waals surface area contributed by atoms with Crippen LogP contribution in [0.4, 0.5) is 22.7 Å². The molecule has 2 aromatic carbocycles. The first-order valence-electron chi connectivity index (χ1n) is 7.68. The van der Waals surface area contributed by atoms with E-state index in [1.807, 2.05) is 91.9 Å². The summed E-state index contributed by atoms with van der Waals surface area (Å²) in [5.74, 6) is 0. The summed E-state index contributed by atoms with van der Waals surface area (Å²) in [7, 11) is 5.91. The second-order valence-electron chi connectivity index (χ2n) is 5.70. The number of nitrogens with one attached hydrogen (secondary N) is 1. The summed E-state index contributed by atoms with van der Waals surface area (Å²) in [6.07, 6.45) is 3.92. The first-order chi connectivity index (χ1) is 11.5. The minimum atomic E-state index is 0.510. The Morgan fingerprint density at radius 2 is 1.50 bits per heavy atom. The molecule has 0 fully saturated rings. The first kappa shape index (κ1) is 17.3. The number of anilines is 3. The van der Waals surface area contributed by atoms with Crippen LogP contribution in [0.1, 0.15) is 0 Å². The topological polar surface area (TPSA) is 69.2 Å². The van der Waals surface area contributed by atoms with E-state index in [-0.39, 0.29) is 0 Å². The SMILES string of the molecule is CN(C)/C=C\N(C)CN=Nc1ccc(Nc2ccc(N)cc2)cc1. The molecule has 0 heterocycles. The van der Waals surface area contributed by atoms with E-state index in [0.717, 1.165) is 22.7 Å².